The highest BCUT2D eigenvalue weighted by atomic mass is 79.9. The number of aliphatic hydroxyl groups is 1. The second kappa shape index (κ2) is 8.28. The fourth-order valence-corrected chi connectivity index (χ4v) is 4.01. The number of benzene rings is 1. The van der Waals surface area contributed by atoms with Crippen LogP contribution in [0.15, 0.2) is 40.9 Å². The van der Waals surface area contributed by atoms with Gasteiger partial charge >= 0.3 is 0 Å². The van der Waals surface area contributed by atoms with Crippen molar-refractivity contribution in [2.45, 2.75) is 25.6 Å². The molecule has 27 heavy (non-hydrogen) atoms. The molecule has 2 aromatic heterocycles. The molecule has 9 heteroatoms. The first-order valence-corrected chi connectivity index (χ1v) is 10.3. The van der Waals surface area contributed by atoms with E-state index in [2.05, 4.69) is 41.2 Å². The Morgan fingerprint density at radius 3 is 2.63 bits per heavy atom. The Morgan fingerprint density at radius 1 is 1.11 bits per heavy atom. The molecule has 3 aromatic rings. The lowest BCUT2D eigenvalue weighted by atomic mass is 10.1. The Bertz CT molecular complexity index is 897. The van der Waals surface area contributed by atoms with Crippen molar-refractivity contribution in [1.29, 1.82) is 0 Å². The number of aromatic nitrogens is 4. The van der Waals surface area contributed by atoms with E-state index in [4.69, 9.17) is 9.84 Å². The molecule has 0 radical (unpaired) electrons. The standard InChI is InChI=1S/C18H18BrN5O2S/c19-12-2-1-3-14(10-12)26-13-6-8-24(9-7-13)16-5-4-15(20-21-16)18-23-22-17(11-25)27-18/h1-5,10,13,25H,6-9,11H2. The quantitative estimate of drug-likeness (QED) is 0.641. The lowest BCUT2D eigenvalue weighted by molar-refractivity contribution is 0.170. The molecular weight excluding hydrogens is 430 g/mol. The Hall–Kier alpha value is -2.10. The number of rotatable bonds is 5. The second-order valence-corrected chi connectivity index (χ2v) is 8.18. The van der Waals surface area contributed by atoms with E-state index in [1.807, 2.05) is 36.4 Å². The first kappa shape index (κ1) is 18.3. The van der Waals surface area contributed by atoms with Crippen molar-refractivity contribution in [3.63, 3.8) is 0 Å². The van der Waals surface area contributed by atoms with Crippen LogP contribution < -0.4 is 9.64 Å². The maximum atomic E-state index is 9.09. The Morgan fingerprint density at radius 2 is 1.96 bits per heavy atom. The van der Waals surface area contributed by atoms with E-state index in [1.54, 1.807) is 0 Å². The van der Waals surface area contributed by atoms with E-state index < -0.39 is 0 Å². The summed E-state index contributed by atoms with van der Waals surface area (Å²) in [6.45, 7) is 1.64. The normalized spacial score (nSPS) is 15.1. The van der Waals surface area contributed by atoms with Crippen LogP contribution in [0.2, 0.25) is 0 Å². The third-order valence-electron chi connectivity index (χ3n) is 4.34. The van der Waals surface area contributed by atoms with Gasteiger partial charge in [0.25, 0.3) is 0 Å². The molecular formula is C18H18BrN5O2S. The molecule has 1 aromatic carbocycles. The summed E-state index contributed by atoms with van der Waals surface area (Å²) in [5.41, 5.74) is 0.670. The molecule has 1 N–H and O–H groups in total. The van der Waals surface area contributed by atoms with Crippen molar-refractivity contribution in [3.8, 4) is 16.5 Å². The molecule has 1 saturated heterocycles. The summed E-state index contributed by atoms with van der Waals surface area (Å²) in [5.74, 6) is 1.75. The molecule has 0 atom stereocenters. The van der Waals surface area contributed by atoms with Gasteiger partial charge in [0.1, 0.15) is 22.6 Å². The molecule has 0 amide bonds. The first-order valence-electron chi connectivity index (χ1n) is 8.66. The van der Waals surface area contributed by atoms with Crippen molar-refractivity contribution in [3.05, 3.63) is 45.9 Å². The van der Waals surface area contributed by atoms with Crippen LogP contribution in [0.4, 0.5) is 5.82 Å². The van der Waals surface area contributed by atoms with E-state index in [1.165, 1.54) is 11.3 Å². The van der Waals surface area contributed by atoms with E-state index >= 15 is 0 Å². The maximum absolute atomic E-state index is 9.09. The van der Waals surface area contributed by atoms with E-state index in [9.17, 15) is 0 Å². The summed E-state index contributed by atoms with van der Waals surface area (Å²) in [5, 5.41) is 26.9. The second-order valence-electron chi connectivity index (χ2n) is 6.20. The molecule has 0 spiro atoms. The van der Waals surface area contributed by atoms with E-state index in [0.717, 1.165) is 42.0 Å². The minimum absolute atomic E-state index is 0.111. The van der Waals surface area contributed by atoms with Crippen LogP contribution in [0.25, 0.3) is 10.7 Å². The number of nitrogens with zero attached hydrogens (tertiary/aromatic N) is 5. The summed E-state index contributed by atoms with van der Waals surface area (Å²) in [4.78, 5) is 2.22. The van der Waals surface area contributed by atoms with Crippen LogP contribution in [0.5, 0.6) is 5.75 Å². The molecule has 140 valence electrons. The van der Waals surface area contributed by atoms with Gasteiger partial charge < -0.3 is 14.7 Å². The monoisotopic (exact) mass is 447 g/mol. The largest absolute Gasteiger partial charge is 0.490 e. The van der Waals surface area contributed by atoms with Gasteiger partial charge in [-0.2, -0.15) is 0 Å². The predicted octanol–water partition coefficient (Wildman–Crippen LogP) is 3.30. The molecule has 0 bridgehead atoms. The molecule has 1 fully saturated rings. The molecule has 0 aliphatic carbocycles. The number of hydrogen-bond donors (Lipinski definition) is 1. The highest BCUT2D eigenvalue weighted by molar-refractivity contribution is 9.10. The topological polar surface area (TPSA) is 84.3 Å². The third-order valence-corrected chi connectivity index (χ3v) is 5.76. The minimum atomic E-state index is -0.111. The molecule has 4 rings (SSSR count). The number of aliphatic hydroxyl groups excluding tert-OH is 1. The molecule has 0 unspecified atom stereocenters. The van der Waals surface area contributed by atoms with Gasteiger partial charge in [-0.25, -0.2) is 0 Å². The Labute approximate surface area is 169 Å². The summed E-state index contributed by atoms with van der Waals surface area (Å²) in [6, 6.07) is 11.8. The first-order chi connectivity index (χ1) is 13.2. The fourth-order valence-electron chi connectivity index (χ4n) is 2.96. The Kier molecular flexibility index (Phi) is 5.61. The van der Waals surface area contributed by atoms with Crippen LogP contribution >= 0.6 is 27.3 Å². The minimum Gasteiger partial charge on any atom is -0.490 e. The summed E-state index contributed by atoms with van der Waals surface area (Å²) >= 11 is 4.79. The van der Waals surface area contributed by atoms with Crippen molar-refractivity contribution in [1.82, 2.24) is 20.4 Å². The van der Waals surface area contributed by atoms with Gasteiger partial charge in [-0.3, -0.25) is 0 Å². The summed E-state index contributed by atoms with van der Waals surface area (Å²) in [6.07, 6.45) is 2.08. The van der Waals surface area contributed by atoms with Gasteiger partial charge in [0.15, 0.2) is 10.8 Å². The molecule has 3 heterocycles. The summed E-state index contributed by atoms with van der Waals surface area (Å²) < 4.78 is 7.11. The van der Waals surface area contributed by atoms with Crippen LogP contribution in [0, 0.1) is 0 Å². The molecule has 0 saturated carbocycles. The van der Waals surface area contributed by atoms with Gasteiger partial charge in [-0.15, -0.1) is 20.4 Å². The van der Waals surface area contributed by atoms with Crippen molar-refractivity contribution >= 4 is 33.1 Å². The zero-order valence-electron chi connectivity index (χ0n) is 14.5. The van der Waals surface area contributed by atoms with Crippen molar-refractivity contribution in [2.24, 2.45) is 0 Å². The molecule has 1 aliphatic rings. The van der Waals surface area contributed by atoms with Gasteiger partial charge in [-0.1, -0.05) is 33.3 Å². The van der Waals surface area contributed by atoms with Crippen LogP contribution in [0.1, 0.15) is 17.8 Å². The molecule has 7 nitrogen and oxygen atoms in total. The summed E-state index contributed by atoms with van der Waals surface area (Å²) in [7, 11) is 0. The lowest BCUT2D eigenvalue weighted by Crippen LogP contribution is -2.38. The highest BCUT2D eigenvalue weighted by Gasteiger charge is 2.22. The van der Waals surface area contributed by atoms with E-state index in [-0.39, 0.29) is 12.7 Å². The van der Waals surface area contributed by atoms with Crippen LogP contribution in [-0.4, -0.2) is 44.7 Å². The smallest absolute Gasteiger partial charge is 0.168 e. The van der Waals surface area contributed by atoms with Crippen molar-refractivity contribution in [2.75, 3.05) is 18.0 Å². The van der Waals surface area contributed by atoms with Crippen molar-refractivity contribution < 1.29 is 9.84 Å². The fraction of sp³-hybridized carbons (Fsp3) is 0.333. The average Bonchev–Trinajstić information content (AvgIpc) is 3.18. The number of halogens is 1. The average molecular weight is 448 g/mol. The maximum Gasteiger partial charge on any atom is 0.168 e. The number of hydrogen-bond acceptors (Lipinski definition) is 8. The zero-order chi connectivity index (χ0) is 18.6. The van der Waals surface area contributed by atoms with E-state index in [0.29, 0.717) is 15.7 Å². The number of anilines is 1. The highest BCUT2D eigenvalue weighted by Crippen LogP contribution is 2.26. The van der Waals surface area contributed by atoms with Gasteiger partial charge in [-0.05, 0) is 30.3 Å². The van der Waals surface area contributed by atoms with Crippen LogP contribution in [-0.2, 0) is 6.61 Å². The Balaban J connectivity index is 1.35. The lowest BCUT2D eigenvalue weighted by Gasteiger charge is -2.32. The number of ether oxygens (including phenoxy) is 1. The molecule has 1 aliphatic heterocycles. The van der Waals surface area contributed by atoms with Gasteiger partial charge in [0, 0.05) is 30.4 Å². The predicted molar refractivity (Wildman–Crippen MR) is 107 cm³/mol. The van der Waals surface area contributed by atoms with Gasteiger partial charge in [0.2, 0.25) is 0 Å². The third kappa shape index (κ3) is 4.42. The number of piperidine rings is 1. The van der Waals surface area contributed by atoms with Crippen LogP contribution in [0.3, 0.4) is 0 Å². The van der Waals surface area contributed by atoms with Gasteiger partial charge in [0.05, 0.1) is 6.61 Å². The SMILES string of the molecule is OCc1nnc(-c2ccc(N3CCC(Oc4cccc(Br)c4)CC3)nn2)s1. The zero-order valence-corrected chi connectivity index (χ0v) is 16.9.